The Morgan fingerprint density at radius 2 is 2.53 bits per heavy atom. The van der Waals surface area contributed by atoms with Crippen LogP contribution in [0, 0.1) is 0 Å². The summed E-state index contributed by atoms with van der Waals surface area (Å²) in [5.41, 5.74) is 6.29. The maximum atomic E-state index is 11.5. The molecule has 1 atom stereocenters. The Hall–Kier alpha value is -1.40. The molecule has 0 saturated heterocycles. The van der Waals surface area contributed by atoms with Gasteiger partial charge >= 0.3 is 0 Å². The number of nitrogens with zero attached hydrogens (tertiary/aromatic N) is 2. The molecule has 0 aliphatic carbocycles. The second-order valence-corrected chi connectivity index (χ2v) is 3.28. The third-order valence-corrected chi connectivity index (χ3v) is 1.94. The van der Waals surface area contributed by atoms with E-state index in [1.807, 2.05) is 0 Å². The summed E-state index contributed by atoms with van der Waals surface area (Å²) in [5.74, 6) is -0.222. The predicted molar refractivity (Wildman–Crippen MR) is 56.3 cm³/mol. The van der Waals surface area contributed by atoms with Crippen LogP contribution in [0.15, 0.2) is 12.4 Å². The quantitative estimate of drug-likeness (QED) is 0.703. The van der Waals surface area contributed by atoms with Crippen molar-refractivity contribution >= 4 is 11.6 Å². The molecular weight excluding hydrogens is 196 g/mol. The predicted octanol–water partition coefficient (Wildman–Crippen LogP) is -0.278. The summed E-state index contributed by atoms with van der Waals surface area (Å²) in [5, 5.41) is 6.60. The number of amides is 1. The summed E-state index contributed by atoms with van der Waals surface area (Å²) in [4.78, 5) is 11.5. The van der Waals surface area contributed by atoms with E-state index in [4.69, 9.17) is 10.5 Å². The minimum Gasteiger partial charge on any atom is -0.385 e. The highest BCUT2D eigenvalue weighted by Gasteiger charge is 2.13. The van der Waals surface area contributed by atoms with Crippen LogP contribution in [0.4, 0.5) is 5.69 Å². The van der Waals surface area contributed by atoms with Crippen molar-refractivity contribution in [1.29, 1.82) is 0 Å². The summed E-state index contributed by atoms with van der Waals surface area (Å²) in [7, 11) is 3.35. The number of rotatable bonds is 5. The maximum absolute atomic E-state index is 11.5. The van der Waals surface area contributed by atoms with Gasteiger partial charge in [-0.2, -0.15) is 5.10 Å². The van der Waals surface area contributed by atoms with E-state index < -0.39 is 6.04 Å². The molecule has 0 fully saturated rings. The molecule has 3 N–H and O–H groups in total. The molecule has 1 aromatic rings. The lowest BCUT2D eigenvalue weighted by atomic mass is 10.2. The highest BCUT2D eigenvalue weighted by Crippen LogP contribution is 2.04. The first-order valence-corrected chi connectivity index (χ1v) is 4.67. The number of nitrogens with one attached hydrogen (secondary N) is 1. The zero-order chi connectivity index (χ0) is 11.3. The van der Waals surface area contributed by atoms with Crippen LogP contribution < -0.4 is 11.1 Å². The number of anilines is 1. The average molecular weight is 212 g/mol. The van der Waals surface area contributed by atoms with E-state index >= 15 is 0 Å². The first kappa shape index (κ1) is 11.7. The lowest BCUT2D eigenvalue weighted by Crippen LogP contribution is -2.36. The fourth-order valence-corrected chi connectivity index (χ4v) is 1.10. The van der Waals surface area contributed by atoms with Gasteiger partial charge in [-0.3, -0.25) is 9.48 Å². The van der Waals surface area contributed by atoms with Gasteiger partial charge in [0.1, 0.15) is 0 Å². The number of ether oxygens (including phenoxy) is 1. The number of carbonyl (C=O) groups is 1. The molecule has 1 aromatic heterocycles. The van der Waals surface area contributed by atoms with Gasteiger partial charge in [0.25, 0.3) is 0 Å². The number of aromatic nitrogens is 2. The van der Waals surface area contributed by atoms with Crippen LogP contribution in [0.3, 0.4) is 0 Å². The van der Waals surface area contributed by atoms with Gasteiger partial charge in [0.2, 0.25) is 5.91 Å². The third-order valence-electron chi connectivity index (χ3n) is 1.94. The normalized spacial score (nSPS) is 12.5. The van der Waals surface area contributed by atoms with Gasteiger partial charge in [0.05, 0.1) is 17.9 Å². The Bertz CT molecular complexity index is 324. The van der Waals surface area contributed by atoms with E-state index in [2.05, 4.69) is 10.4 Å². The van der Waals surface area contributed by atoms with Crippen molar-refractivity contribution in [2.24, 2.45) is 12.8 Å². The van der Waals surface area contributed by atoms with E-state index in [-0.39, 0.29) is 5.91 Å². The van der Waals surface area contributed by atoms with Crippen LogP contribution in [0.25, 0.3) is 0 Å². The van der Waals surface area contributed by atoms with Crippen molar-refractivity contribution in [2.75, 3.05) is 19.0 Å². The Kier molecular flexibility index (Phi) is 4.26. The van der Waals surface area contributed by atoms with Gasteiger partial charge in [0.15, 0.2) is 0 Å². The molecule has 6 heteroatoms. The zero-order valence-electron chi connectivity index (χ0n) is 8.93. The molecule has 0 aliphatic rings. The molecule has 6 nitrogen and oxygen atoms in total. The van der Waals surface area contributed by atoms with E-state index in [9.17, 15) is 4.79 Å². The number of carbonyl (C=O) groups excluding carboxylic acids is 1. The maximum Gasteiger partial charge on any atom is 0.241 e. The Morgan fingerprint density at radius 1 is 1.80 bits per heavy atom. The number of hydrogen-bond acceptors (Lipinski definition) is 4. The highest BCUT2D eigenvalue weighted by molar-refractivity contribution is 5.94. The van der Waals surface area contributed by atoms with E-state index in [0.29, 0.717) is 18.7 Å². The molecule has 0 radical (unpaired) electrons. The van der Waals surface area contributed by atoms with Crippen molar-refractivity contribution in [3.63, 3.8) is 0 Å². The lowest BCUT2D eigenvalue weighted by Gasteiger charge is -2.09. The summed E-state index contributed by atoms with van der Waals surface area (Å²) < 4.78 is 6.45. The van der Waals surface area contributed by atoms with Gasteiger partial charge in [-0.25, -0.2) is 0 Å². The fourth-order valence-electron chi connectivity index (χ4n) is 1.10. The SMILES string of the molecule is COCCC(N)C(=O)Nc1cnn(C)c1. The zero-order valence-corrected chi connectivity index (χ0v) is 8.93. The van der Waals surface area contributed by atoms with Crippen LogP contribution in [0.1, 0.15) is 6.42 Å². The van der Waals surface area contributed by atoms with Crippen LogP contribution in [0.5, 0.6) is 0 Å². The van der Waals surface area contributed by atoms with Crippen molar-refractivity contribution in [3.05, 3.63) is 12.4 Å². The smallest absolute Gasteiger partial charge is 0.241 e. The van der Waals surface area contributed by atoms with Gasteiger partial charge in [-0.15, -0.1) is 0 Å². The standard InChI is InChI=1S/C9H16N4O2/c1-13-6-7(5-11-13)12-9(14)8(10)3-4-15-2/h5-6,8H,3-4,10H2,1-2H3,(H,12,14). The molecule has 1 amide bonds. The monoisotopic (exact) mass is 212 g/mol. The number of methoxy groups -OCH3 is 1. The first-order chi connectivity index (χ1) is 7.13. The van der Waals surface area contributed by atoms with E-state index in [1.54, 1.807) is 31.2 Å². The molecule has 0 aliphatic heterocycles. The second kappa shape index (κ2) is 5.47. The largest absolute Gasteiger partial charge is 0.385 e. The van der Waals surface area contributed by atoms with Crippen LogP contribution in [-0.2, 0) is 16.6 Å². The Balaban J connectivity index is 2.41. The third kappa shape index (κ3) is 3.69. The number of hydrogen-bond donors (Lipinski definition) is 2. The molecule has 1 unspecified atom stereocenters. The summed E-state index contributed by atoms with van der Waals surface area (Å²) in [6, 6.07) is -0.551. The molecule has 0 bridgehead atoms. The molecule has 15 heavy (non-hydrogen) atoms. The van der Waals surface area contributed by atoms with E-state index in [1.165, 1.54) is 0 Å². The van der Waals surface area contributed by atoms with Crippen molar-refractivity contribution < 1.29 is 9.53 Å². The minimum atomic E-state index is -0.551. The number of nitrogens with two attached hydrogens (primary N) is 1. The summed E-state index contributed by atoms with van der Waals surface area (Å²) >= 11 is 0. The topological polar surface area (TPSA) is 82.2 Å². The van der Waals surface area contributed by atoms with E-state index in [0.717, 1.165) is 0 Å². The second-order valence-electron chi connectivity index (χ2n) is 3.28. The average Bonchev–Trinajstić information content (AvgIpc) is 2.60. The lowest BCUT2D eigenvalue weighted by molar-refractivity contribution is -0.117. The minimum absolute atomic E-state index is 0.222. The van der Waals surface area contributed by atoms with Crippen LogP contribution >= 0.6 is 0 Å². The van der Waals surface area contributed by atoms with Gasteiger partial charge in [-0.05, 0) is 6.42 Å². The Morgan fingerprint density at radius 3 is 3.07 bits per heavy atom. The van der Waals surface area contributed by atoms with Crippen molar-refractivity contribution in [2.45, 2.75) is 12.5 Å². The highest BCUT2D eigenvalue weighted by atomic mass is 16.5. The molecule has 1 heterocycles. The summed E-state index contributed by atoms with van der Waals surface area (Å²) in [6.45, 7) is 0.474. The van der Waals surface area contributed by atoms with Crippen LogP contribution in [-0.4, -0.2) is 35.4 Å². The molecule has 1 rings (SSSR count). The van der Waals surface area contributed by atoms with Gasteiger partial charge in [0, 0.05) is 27.0 Å². The number of aryl methyl sites for hydroxylation is 1. The molecule has 84 valence electrons. The van der Waals surface area contributed by atoms with Gasteiger partial charge < -0.3 is 15.8 Å². The fraction of sp³-hybridized carbons (Fsp3) is 0.556. The van der Waals surface area contributed by atoms with Gasteiger partial charge in [-0.1, -0.05) is 0 Å². The molecule has 0 aromatic carbocycles. The summed E-state index contributed by atoms with van der Waals surface area (Å²) in [6.07, 6.45) is 3.78. The molecular formula is C9H16N4O2. The van der Waals surface area contributed by atoms with Crippen molar-refractivity contribution in [3.8, 4) is 0 Å². The molecule has 0 saturated carbocycles. The van der Waals surface area contributed by atoms with Crippen LogP contribution in [0.2, 0.25) is 0 Å². The first-order valence-electron chi connectivity index (χ1n) is 4.67. The van der Waals surface area contributed by atoms with Crippen molar-refractivity contribution in [1.82, 2.24) is 9.78 Å². The molecule has 0 spiro atoms. The Labute approximate surface area is 88.4 Å².